The van der Waals surface area contributed by atoms with Crippen molar-refractivity contribution in [3.63, 3.8) is 0 Å². The Morgan fingerprint density at radius 3 is 2.60 bits per heavy atom. The molecule has 15 heavy (non-hydrogen) atoms. The molecule has 0 saturated heterocycles. The smallest absolute Gasteiger partial charge is 0.308 e. The summed E-state index contributed by atoms with van der Waals surface area (Å²) >= 11 is 0. The van der Waals surface area contributed by atoms with E-state index in [1.807, 2.05) is 6.92 Å². The van der Waals surface area contributed by atoms with Gasteiger partial charge in [0, 0.05) is 19.4 Å². The average molecular weight is 214 g/mol. The maximum Gasteiger partial charge on any atom is 0.308 e. The zero-order chi connectivity index (χ0) is 11.7. The third-order valence-corrected chi connectivity index (χ3v) is 1.73. The van der Waals surface area contributed by atoms with Crippen LogP contribution < -0.4 is 0 Å². The van der Waals surface area contributed by atoms with E-state index in [-0.39, 0.29) is 18.2 Å². The number of carbonyl (C=O) groups is 2. The molecule has 0 aromatic carbocycles. The van der Waals surface area contributed by atoms with Gasteiger partial charge < -0.3 is 9.47 Å². The van der Waals surface area contributed by atoms with E-state index in [0.29, 0.717) is 19.4 Å². The summed E-state index contributed by atoms with van der Waals surface area (Å²) in [5.74, 6) is -0.395. The summed E-state index contributed by atoms with van der Waals surface area (Å²) in [5.41, 5.74) is 0. The molecule has 4 heteroatoms. The third-order valence-electron chi connectivity index (χ3n) is 1.73. The van der Waals surface area contributed by atoms with E-state index in [4.69, 9.17) is 9.47 Å². The Bertz CT molecular complexity index is 223. The summed E-state index contributed by atoms with van der Waals surface area (Å²) < 4.78 is 9.94. The topological polar surface area (TPSA) is 52.6 Å². The van der Waals surface area contributed by atoms with Crippen molar-refractivity contribution in [2.75, 3.05) is 6.61 Å². The van der Waals surface area contributed by atoms with Gasteiger partial charge in [0.25, 0.3) is 0 Å². The van der Waals surface area contributed by atoms with E-state index in [1.165, 1.54) is 6.08 Å². The maximum atomic E-state index is 11.2. The first kappa shape index (κ1) is 13.8. The van der Waals surface area contributed by atoms with Crippen molar-refractivity contribution < 1.29 is 19.1 Å². The molecule has 0 heterocycles. The fraction of sp³-hybridized carbons (Fsp3) is 0.636. The van der Waals surface area contributed by atoms with Gasteiger partial charge in [0.1, 0.15) is 0 Å². The fourth-order valence-electron chi connectivity index (χ4n) is 1.02. The first-order chi connectivity index (χ1) is 7.10. The lowest BCUT2D eigenvalue weighted by Crippen LogP contribution is -2.18. The van der Waals surface area contributed by atoms with Crippen molar-refractivity contribution >= 4 is 11.8 Å². The van der Waals surface area contributed by atoms with Gasteiger partial charge >= 0.3 is 5.97 Å². The molecule has 0 saturated carbocycles. The lowest BCUT2D eigenvalue weighted by atomic mass is 10.2. The molecule has 0 aliphatic heterocycles. The van der Waals surface area contributed by atoms with Crippen LogP contribution in [-0.2, 0) is 19.1 Å². The summed E-state index contributed by atoms with van der Waals surface area (Å²) in [7, 11) is 0. The Kier molecular flexibility index (Phi) is 7.54. The minimum atomic E-state index is -0.516. The van der Waals surface area contributed by atoms with Crippen molar-refractivity contribution in [2.45, 2.75) is 39.4 Å². The van der Waals surface area contributed by atoms with E-state index in [0.717, 1.165) is 0 Å². The molecular weight excluding hydrogens is 196 g/mol. The summed E-state index contributed by atoms with van der Waals surface area (Å²) in [5, 5.41) is 0. The molecule has 0 spiro atoms. The monoisotopic (exact) mass is 214 g/mol. The second-order valence-corrected chi connectivity index (χ2v) is 3.04. The minimum absolute atomic E-state index is 0.0549. The van der Waals surface area contributed by atoms with Crippen LogP contribution in [0, 0.1) is 0 Å². The normalized spacial score (nSPS) is 11.9. The van der Waals surface area contributed by atoms with Gasteiger partial charge in [0.15, 0.2) is 12.1 Å². The first-order valence-electron chi connectivity index (χ1n) is 5.06. The Balaban J connectivity index is 3.57. The molecular formula is C11H18O4. The molecule has 4 nitrogen and oxygen atoms in total. The second kappa shape index (κ2) is 8.17. The highest BCUT2D eigenvalue weighted by Crippen LogP contribution is 2.02. The zero-order valence-corrected chi connectivity index (χ0v) is 9.32. The van der Waals surface area contributed by atoms with Gasteiger partial charge in [-0.05, 0) is 26.3 Å². The van der Waals surface area contributed by atoms with Crippen molar-refractivity contribution in [2.24, 2.45) is 0 Å². The Hall–Kier alpha value is -1.16. The van der Waals surface area contributed by atoms with Crippen LogP contribution in [0.15, 0.2) is 12.7 Å². The standard InChI is InChI=1S/C11H18O4/c1-4-10(12)7-6-8-11(13)15-9(3)14-5-2/h4,9H,1,5-8H2,2-3H3. The van der Waals surface area contributed by atoms with E-state index >= 15 is 0 Å². The van der Waals surface area contributed by atoms with Gasteiger partial charge in [-0.2, -0.15) is 0 Å². The van der Waals surface area contributed by atoms with Gasteiger partial charge in [-0.3, -0.25) is 9.59 Å². The molecule has 0 aliphatic carbocycles. The number of ketones is 1. The van der Waals surface area contributed by atoms with Crippen LogP contribution in [0.1, 0.15) is 33.1 Å². The maximum absolute atomic E-state index is 11.2. The molecule has 0 N–H and O–H groups in total. The van der Waals surface area contributed by atoms with Crippen LogP contribution in [0.5, 0.6) is 0 Å². The van der Waals surface area contributed by atoms with Crippen LogP contribution in [0.25, 0.3) is 0 Å². The van der Waals surface area contributed by atoms with E-state index < -0.39 is 6.29 Å². The van der Waals surface area contributed by atoms with E-state index in [2.05, 4.69) is 6.58 Å². The molecule has 86 valence electrons. The number of rotatable bonds is 8. The van der Waals surface area contributed by atoms with Gasteiger partial charge in [0.2, 0.25) is 0 Å². The third kappa shape index (κ3) is 7.88. The number of allylic oxidation sites excluding steroid dienone is 1. The molecule has 0 amide bonds. The molecule has 1 atom stereocenters. The zero-order valence-electron chi connectivity index (χ0n) is 9.32. The summed E-state index contributed by atoms with van der Waals surface area (Å²) in [6, 6.07) is 0. The van der Waals surface area contributed by atoms with Crippen LogP contribution in [0.4, 0.5) is 0 Å². The molecule has 1 unspecified atom stereocenters. The minimum Gasteiger partial charge on any atom is -0.436 e. The molecule has 0 fully saturated rings. The van der Waals surface area contributed by atoms with E-state index in [1.54, 1.807) is 6.92 Å². The van der Waals surface area contributed by atoms with Crippen LogP contribution >= 0.6 is 0 Å². The Morgan fingerprint density at radius 2 is 2.07 bits per heavy atom. The van der Waals surface area contributed by atoms with Crippen LogP contribution in [-0.4, -0.2) is 24.6 Å². The number of hydrogen-bond donors (Lipinski definition) is 0. The lowest BCUT2D eigenvalue weighted by Gasteiger charge is -2.12. The number of carbonyl (C=O) groups excluding carboxylic acids is 2. The van der Waals surface area contributed by atoms with Crippen LogP contribution in [0.3, 0.4) is 0 Å². The van der Waals surface area contributed by atoms with Crippen molar-refractivity contribution in [1.29, 1.82) is 0 Å². The highest BCUT2D eigenvalue weighted by Gasteiger charge is 2.09. The van der Waals surface area contributed by atoms with Crippen LogP contribution in [0.2, 0.25) is 0 Å². The summed E-state index contributed by atoms with van der Waals surface area (Å²) in [6.07, 6.45) is 1.80. The average Bonchev–Trinajstić information content (AvgIpc) is 2.17. The predicted octanol–water partition coefficient (Wildman–Crippen LogP) is 1.84. The fourth-order valence-corrected chi connectivity index (χ4v) is 1.02. The molecule has 0 rings (SSSR count). The molecule has 0 aromatic heterocycles. The molecule has 0 aliphatic rings. The molecule has 0 bridgehead atoms. The van der Waals surface area contributed by atoms with Crippen molar-refractivity contribution in [3.05, 3.63) is 12.7 Å². The Labute approximate surface area is 90.2 Å². The quantitative estimate of drug-likeness (QED) is 0.351. The molecule has 0 aromatic rings. The second-order valence-electron chi connectivity index (χ2n) is 3.04. The number of ether oxygens (including phenoxy) is 2. The molecule has 0 radical (unpaired) electrons. The van der Waals surface area contributed by atoms with E-state index in [9.17, 15) is 9.59 Å². The first-order valence-corrected chi connectivity index (χ1v) is 5.06. The van der Waals surface area contributed by atoms with Crippen molar-refractivity contribution in [1.82, 2.24) is 0 Å². The van der Waals surface area contributed by atoms with Gasteiger partial charge in [-0.25, -0.2) is 0 Å². The highest BCUT2D eigenvalue weighted by molar-refractivity contribution is 5.89. The largest absolute Gasteiger partial charge is 0.436 e. The van der Waals surface area contributed by atoms with Gasteiger partial charge in [0.05, 0.1) is 0 Å². The number of hydrogen-bond acceptors (Lipinski definition) is 4. The van der Waals surface area contributed by atoms with Gasteiger partial charge in [-0.1, -0.05) is 6.58 Å². The van der Waals surface area contributed by atoms with Gasteiger partial charge in [-0.15, -0.1) is 0 Å². The predicted molar refractivity (Wildman–Crippen MR) is 56.2 cm³/mol. The Morgan fingerprint density at radius 1 is 1.40 bits per heavy atom. The number of esters is 1. The summed E-state index contributed by atoms with van der Waals surface area (Å²) in [4.78, 5) is 22.0. The highest BCUT2D eigenvalue weighted by atomic mass is 16.7. The lowest BCUT2D eigenvalue weighted by molar-refractivity contribution is -0.173. The van der Waals surface area contributed by atoms with Crippen molar-refractivity contribution in [3.8, 4) is 0 Å². The summed E-state index contributed by atoms with van der Waals surface area (Å²) in [6.45, 7) is 7.34. The SMILES string of the molecule is C=CC(=O)CCCC(=O)OC(C)OCC.